The Hall–Kier alpha value is -1.72. The monoisotopic (exact) mass is 257 g/mol. The van der Waals surface area contributed by atoms with Gasteiger partial charge in [0.25, 0.3) is 5.91 Å². The van der Waals surface area contributed by atoms with E-state index in [1.54, 1.807) is 0 Å². The van der Waals surface area contributed by atoms with Crippen LogP contribution in [0.1, 0.15) is 20.3 Å². The van der Waals surface area contributed by atoms with E-state index in [-0.39, 0.29) is 11.7 Å². The molecule has 1 heterocycles. The fraction of sp³-hybridized carbons (Fsp3) is 0.667. The lowest BCUT2D eigenvalue weighted by atomic mass is 10.0. The van der Waals surface area contributed by atoms with E-state index < -0.39 is 17.9 Å². The first kappa shape index (κ1) is 14.3. The zero-order valence-corrected chi connectivity index (χ0v) is 10.9. The lowest BCUT2D eigenvalue weighted by molar-refractivity contribution is -0.145. The number of ether oxygens (including phenoxy) is 3. The van der Waals surface area contributed by atoms with Gasteiger partial charge in [-0.2, -0.15) is 0 Å². The predicted octanol–water partition coefficient (Wildman–Crippen LogP) is 0.578. The normalized spacial score (nSPS) is 16.1. The molecule has 1 atom stereocenters. The van der Waals surface area contributed by atoms with E-state index in [2.05, 4.69) is 10.1 Å². The quantitative estimate of drug-likeness (QED) is 0.729. The van der Waals surface area contributed by atoms with Gasteiger partial charge in [0.05, 0.1) is 7.11 Å². The van der Waals surface area contributed by atoms with Gasteiger partial charge in [-0.3, -0.25) is 4.79 Å². The van der Waals surface area contributed by atoms with Crippen LogP contribution >= 0.6 is 0 Å². The van der Waals surface area contributed by atoms with Crippen molar-refractivity contribution in [2.75, 3.05) is 20.3 Å². The number of carbonyl (C=O) groups is 2. The molecule has 6 nitrogen and oxygen atoms in total. The lowest BCUT2D eigenvalue weighted by Gasteiger charge is -2.20. The first-order valence-electron chi connectivity index (χ1n) is 5.88. The fourth-order valence-corrected chi connectivity index (χ4v) is 1.54. The molecular weight excluding hydrogens is 238 g/mol. The van der Waals surface area contributed by atoms with Crippen molar-refractivity contribution < 1.29 is 23.8 Å². The Morgan fingerprint density at radius 1 is 1.44 bits per heavy atom. The minimum absolute atomic E-state index is 0.0823. The van der Waals surface area contributed by atoms with Crippen LogP contribution in [0.15, 0.2) is 12.0 Å². The molecule has 0 spiro atoms. The number of esters is 1. The van der Waals surface area contributed by atoms with Gasteiger partial charge in [0.15, 0.2) is 0 Å². The van der Waals surface area contributed by atoms with Crippen LogP contribution in [0, 0.1) is 5.92 Å². The first-order valence-corrected chi connectivity index (χ1v) is 5.88. The van der Waals surface area contributed by atoms with Gasteiger partial charge in [-0.1, -0.05) is 13.8 Å². The van der Waals surface area contributed by atoms with Crippen LogP contribution in [0.25, 0.3) is 0 Å². The molecule has 1 aliphatic heterocycles. The van der Waals surface area contributed by atoms with Gasteiger partial charge < -0.3 is 19.5 Å². The number of nitrogens with one attached hydrogen (secondary N) is 1. The van der Waals surface area contributed by atoms with Crippen LogP contribution < -0.4 is 5.32 Å². The maximum absolute atomic E-state index is 11.8. The van der Waals surface area contributed by atoms with Crippen LogP contribution in [0.4, 0.5) is 0 Å². The minimum atomic E-state index is -0.672. The summed E-state index contributed by atoms with van der Waals surface area (Å²) in [6, 6.07) is -0.672. The van der Waals surface area contributed by atoms with Gasteiger partial charge in [0.2, 0.25) is 5.76 Å². The molecule has 18 heavy (non-hydrogen) atoms. The Kier molecular flexibility index (Phi) is 5.48. The third-order valence-electron chi connectivity index (χ3n) is 2.37. The number of amides is 1. The zero-order valence-electron chi connectivity index (χ0n) is 10.9. The third kappa shape index (κ3) is 4.27. The molecular formula is C12H19NO5. The molecule has 0 aromatic heterocycles. The van der Waals surface area contributed by atoms with Crippen LogP contribution in [0.5, 0.6) is 0 Å². The maximum atomic E-state index is 11.8. The molecule has 1 aliphatic rings. The molecule has 102 valence electrons. The van der Waals surface area contributed by atoms with Crippen LogP contribution in [0.3, 0.4) is 0 Å². The van der Waals surface area contributed by atoms with Crippen molar-refractivity contribution in [2.24, 2.45) is 5.92 Å². The molecule has 1 N–H and O–H groups in total. The van der Waals surface area contributed by atoms with Gasteiger partial charge >= 0.3 is 5.97 Å². The zero-order chi connectivity index (χ0) is 13.5. The average molecular weight is 257 g/mol. The molecule has 0 radical (unpaired) electrons. The average Bonchev–Trinajstić information content (AvgIpc) is 2.37. The minimum Gasteiger partial charge on any atom is -0.494 e. The summed E-state index contributed by atoms with van der Waals surface area (Å²) in [5, 5.41) is 2.58. The van der Waals surface area contributed by atoms with Crippen molar-refractivity contribution in [3.05, 3.63) is 12.0 Å². The van der Waals surface area contributed by atoms with E-state index in [1.807, 2.05) is 13.8 Å². The predicted molar refractivity (Wildman–Crippen MR) is 63.4 cm³/mol. The van der Waals surface area contributed by atoms with Crippen LogP contribution in [0.2, 0.25) is 0 Å². The van der Waals surface area contributed by atoms with E-state index in [0.29, 0.717) is 19.6 Å². The van der Waals surface area contributed by atoms with Gasteiger partial charge in [0.1, 0.15) is 25.5 Å². The molecule has 0 aromatic rings. The van der Waals surface area contributed by atoms with Crippen molar-refractivity contribution >= 4 is 11.9 Å². The molecule has 1 amide bonds. The number of carbonyl (C=O) groups excluding carboxylic acids is 2. The second-order valence-corrected chi connectivity index (χ2v) is 4.38. The van der Waals surface area contributed by atoms with E-state index in [1.165, 1.54) is 13.4 Å². The molecule has 0 saturated carbocycles. The molecule has 6 heteroatoms. The van der Waals surface area contributed by atoms with Gasteiger partial charge in [0, 0.05) is 0 Å². The molecule has 0 aromatic carbocycles. The highest BCUT2D eigenvalue weighted by Gasteiger charge is 2.25. The Labute approximate surface area is 106 Å². The van der Waals surface area contributed by atoms with E-state index >= 15 is 0 Å². The summed E-state index contributed by atoms with van der Waals surface area (Å²) in [5.41, 5.74) is 0. The van der Waals surface area contributed by atoms with Crippen LogP contribution in [-0.4, -0.2) is 38.2 Å². The van der Waals surface area contributed by atoms with E-state index in [0.717, 1.165) is 0 Å². The number of hydrogen-bond donors (Lipinski definition) is 1. The summed E-state index contributed by atoms with van der Waals surface area (Å²) in [6.07, 6.45) is 1.76. The molecule has 0 aliphatic carbocycles. The van der Waals surface area contributed by atoms with Crippen LogP contribution in [-0.2, 0) is 23.8 Å². The molecule has 0 saturated heterocycles. The van der Waals surface area contributed by atoms with E-state index in [9.17, 15) is 9.59 Å². The summed E-state index contributed by atoms with van der Waals surface area (Å²) in [6.45, 7) is 4.67. The second-order valence-electron chi connectivity index (χ2n) is 4.38. The fourth-order valence-electron chi connectivity index (χ4n) is 1.54. The van der Waals surface area contributed by atoms with Crippen molar-refractivity contribution in [1.82, 2.24) is 5.32 Å². The second kappa shape index (κ2) is 6.88. The van der Waals surface area contributed by atoms with Crippen molar-refractivity contribution in [3.8, 4) is 0 Å². The summed E-state index contributed by atoms with van der Waals surface area (Å²) in [5.74, 6) is -0.592. The topological polar surface area (TPSA) is 73.9 Å². The van der Waals surface area contributed by atoms with Gasteiger partial charge in [-0.05, 0) is 12.3 Å². The molecule has 0 fully saturated rings. The Morgan fingerprint density at radius 3 is 2.67 bits per heavy atom. The molecule has 1 rings (SSSR count). The standard InChI is InChI=1S/C12H19NO5/c1-8(2)6-9(12(15)16-3)13-11(14)10-7-17-4-5-18-10/h7-9H,4-6H2,1-3H3,(H,13,14). The first-order chi connectivity index (χ1) is 8.54. The van der Waals surface area contributed by atoms with Crippen molar-refractivity contribution in [1.29, 1.82) is 0 Å². The summed E-state index contributed by atoms with van der Waals surface area (Å²) < 4.78 is 14.8. The summed E-state index contributed by atoms with van der Waals surface area (Å²) in [4.78, 5) is 23.4. The smallest absolute Gasteiger partial charge is 0.328 e. The molecule has 0 bridgehead atoms. The highest BCUT2D eigenvalue weighted by Crippen LogP contribution is 2.09. The van der Waals surface area contributed by atoms with Gasteiger partial charge in [-0.15, -0.1) is 0 Å². The number of hydrogen-bond acceptors (Lipinski definition) is 5. The molecule has 1 unspecified atom stereocenters. The van der Waals surface area contributed by atoms with Crippen molar-refractivity contribution in [2.45, 2.75) is 26.3 Å². The summed E-state index contributed by atoms with van der Waals surface area (Å²) >= 11 is 0. The Morgan fingerprint density at radius 2 is 2.17 bits per heavy atom. The number of rotatable bonds is 5. The highest BCUT2D eigenvalue weighted by molar-refractivity contribution is 5.94. The number of methoxy groups -OCH3 is 1. The van der Waals surface area contributed by atoms with Crippen molar-refractivity contribution in [3.63, 3.8) is 0 Å². The lowest BCUT2D eigenvalue weighted by Crippen LogP contribution is -2.43. The third-order valence-corrected chi connectivity index (χ3v) is 2.37. The van der Waals surface area contributed by atoms with Gasteiger partial charge in [-0.25, -0.2) is 4.79 Å². The Bertz CT molecular complexity index is 337. The Balaban J connectivity index is 2.61. The SMILES string of the molecule is COC(=O)C(CC(C)C)NC(=O)C1=COCCO1. The van der Waals surface area contributed by atoms with E-state index in [4.69, 9.17) is 9.47 Å². The highest BCUT2D eigenvalue weighted by atomic mass is 16.6. The maximum Gasteiger partial charge on any atom is 0.328 e. The summed E-state index contributed by atoms with van der Waals surface area (Å²) in [7, 11) is 1.29. The largest absolute Gasteiger partial charge is 0.494 e.